The van der Waals surface area contributed by atoms with Gasteiger partial charge in [0.05, 0.1) is 5.69 Å². The first-order valence-corrected chi connectivity index (χ1v) is 6.37. The number of anilines is 1. The Labute approximate surface area is 110 Å². The minimum atomic E-state index is -0.225. The number of hydrogen-bond donors (Lipinski definition) is 1. The Morgan fingerprint density at radius 1 is 1.42 bits per heavy atom. The molecule has 1 fully saturated rings. The SMILES string of the molecule is Cc1ccn2c(=O)c(NC(=O)C3CC3)c(C)nc2c1. The van der Waals surface area contributed by atoms with Crippen molar-refractivity contribution in [1.29, 1.82) is 0 Å². The molecule has 1 amide bonds. The lowest BCUT2D eigenvalue weighted by Gasteiger charge is -2.09. The summed E-state index contributed by atoms with van der Waals surface area (Å²) in [5, 5.41) is 2.71. The van der Waals surface area contributed by atoms with Gasteiger partial charge in [0.2, 0.25) is 5.91 Å². The van der Waals surface area contributed by atoms with Crippen molar-refractivity contribution in [3.63, 3.8) is 0 Å². The van der Waals surface area contributed by atoms with E-state index in [0.29, 0.717) is 17.0 Å². The van der Waals surface area contributed by atoms with Crippen LogP contribution in [0.3, 0.4) is 0 Å². The molecule has 3 rings (SSSR count). The van der Waals surface area contributed by atoms with Gasteiger partial charge in [-0.2, -0.15) is 0 Å². The highest BCUT2D eigenvalue weighted by molar-refractivity contribution is 5.94. The molecule has 0 saturated heterocycles. The van der Waals surface area contributed by atoms with Crippen LogP contribution in [0.1, 0.15) is 24.1 Å². The van der Waals surface area contributed by atoms with Crippen molar-refractivity contribution in [2.24, 2.45) is 5.92 Å². The number of nitrogens with one attached hydrogen (secondary N) is 1. The van der Waals surface area contributed by atoms with Crippen LogP contribution in [0, 0.1) is 19.8 Å². The van der Waals surface area contributed by atoms with Gasteiger partial charge in [0, 0.05) is 12.1 Å². The van der Waals surface area contributed by atoms with Gasteiger partial charge >= 0.3 is 0 Å². The van der Waals surface area contributed by atoms with Gasteiger partial charge in [0.15, 0.2) is 0 Å². The largest absolute Gasteiger partial charge is 0.320 e. The fraction of sp³-hybridized carbons (Fsp3) is 0.357. The summed E-state index contributed by atoms with van der Waals surface area (Å²) in [6, 6.07) is 3.69. The first-order valence-electron chi connectivity index (χ1n) is 6.37. The first-order chi connectivity index (χ1) is 9.06. The molecule has 0 atom stereocenters. The van der Waals surface area contributed by atoms with Crippen molar-refractivity contribution in [2.45, 2.75) is 26.7 Å². The Kier molecular flexibility index (Phi) is 2.62. The van der Waals surface area contributed by atoms with Crippen molar-refractivity contribution in [2.75, 3.05) is 5.32 Å². The Bertz CT molecular complexity index is 729. The zero-order valence-corrected chi connectivity index (χ0v) is 10.9. The number of aryl methyl sites for hydroxylation is 2. The Balaban J connectivity index is 2.11. The number of pyridine rings is 1. The number of aromatic nitrogens is 2. The highest BCUT2D eigenvalue weighted by Crippen LogP contribution is 2.30. The predicted molar refractivity (Wildman–Crippen MR) is 72.3 cm³/mol. The third-order valence-corrected chi connectivity index (χ3v) is 3.36. The van der Waals surface area contributed by atoms with Crippen LogP contribution in [-0.4, -0.2) is 15.3 Å². The van der Waals surface area contributed by atoms with Gasteiger partial charge < -0.3 is 5.32 Å². The van der Waals surface area contributed by atoms with E-state index in [1.165, 1.54) is 4.40 Å². The number of fused-ring (bicyclic) bond motifs is 1. The third-order valence-electron chi connectivity index (χ3n) is 3.36. The summed E-state index contributed by atoms with van der Waals surface area (Å²) in [7, 11) is 0. The average Bonchev–Trinajstić information content (AvgIpc) is 3.17. The molecular formula is C14H15N3O2. The molecule has 0 aliphatic heterocycles. The molecule has 1 N–H and O–H groups in total. The molecule has 0 unspecified atom stereocenters. The molecule has 2 aromatic heterocycles. The molecule has 1 saturated carbocycles. The molecule has 2 aromatic rings. The number of rotatable bonds is 2. The highest BCUT2D eigenvalue weighted by atomic mass is 16.2. The fourth-order valence-electron chi connectivity index (χ4n) is 2.07. The second-order valence-electron chi connectivity index (χ2n) is 5.07. The smallest absolute Gasteiger partial charge is 0.281 e. The minimum Gasteiger partial charge on any atom is -0.320 e. The third kappa shape index (κ3) is 2.12. The Morgan fingerprint density at radius 3 is 2.84 bits per heavy atom. The molecule has 2 heterocycles. The maximum atomic E-state index is 12.3. The maximum absolute atomic E-state index is 12.3. The van der Waals surface area contributed by atoms with E-state index in [9.17, 15) is 9.59 Å². The van der Waals surface area contributed by atoms with Gasteiger partial charge in [-0.05, 0) is 44.4 Å². The lowest BCUT2D eigenvalue weighted by Crippen LogP contribution is -2.25. The lowest BCUT2D eigenvalue weighted by atomic mass is 10.2. The maximum Gasteiger partial charge on any atom is 0.281 e. The summed E-state index contributed by atoms with van der Waals surface area (Å²) < 4.78 is 1.46. The average molecular weight is 257 g/mol. The van der Waals surface area contributed by atoms with E-state index in [4.69, 9.17) is 0 Å². The Hall–Kier alpha value is -2.17. The summed E-state index contributed by atoms with van der Waals surface area (Å²) in [5.41, 5.74) is 2.27. The molecule has 98 valence electrons. The first kappa shape index (κ1) is 11.9. The fourth-order valence-corrected chi connectivity index (χ4v) is 2.07. The number of amides is 1. The van der Waals surface area contributed by atoms with Gasteiger partial charge in [-0.15, -0.1) is 0 Å². The topological polar surface area (TPSA) is 63.5 Å². The van der Waals surface area contributed by atoms with Gasteiger partial charge in [-0.1, -0.05) is 0 Å². The monoisotopic (exact) mass is 257 g/mol. The zero-order valence-electron chi connectivity index (χ0n) is 10.9. The molecule has 0 radical (unpaired) electrons. The molecule has 19 heavy (non-hydrogen) atoms. The molecule has 0 aromatic carbocycles. The van der Waals surface area contributed by atoms with E-state index in [1.807, 2.05) is 19.1 Å². The predicted octanol–water partition coefficient (Wildman–Crippen LogP) is 1.66. The van der Waals surface area contributed by atoms with Crippen molar-refractivity contribution in [3.8, 4) is 0 Å². The van der Waals surface area contributed by atoms with E-state index in [-0.39, 0.29) is 17.4 Å². The van der Waals surface area contributed by atoms with Crippen molar-refractivity contribution in [3.05, 3.63) is 39.9 Å². The summed E-state index contributed by atoms with van der Waals surface area (Å²) in [6.45, 7) is 3.69. The van der Waals surface area contributed by atoms with Crippen molar-refractivity contribution >= 4 is 17.2 Å². The molecule has 0 bridgehead atoms. The quantitative estimate of drug-likeness (QED) is 0.890. The molecular weight excluding hydrogens is 242 g/mol. The van der Waals surface area contributed by atoms with Gasteiger partial charge in [-0.25, -0.2) is 4.98 Å². The molecule has 1 aliphatic carbocycles. The van der Waals surface area contributed by atoms with Crippen LogP contribution < -0.4 is 10.9 Å². The number of hydrogen-bond acceptors (Lipinski definition) is 3. The lowest BCUT2D eigenvalue weighted by molar-refractivity contribution is -0.117. The summed E-state index contributed by atoms with van der Waals surface area (Å²) >= 11 is 0. The second kappa shape index (κ2) is 4.19. The number of nitrogens with zero attached hydrogens (tertiary/aromatic N) is 2. The molecule has 1 aliphatic rings. The number of carbonyl (C=O) groups excluding carboxylic acids is 1. The molecule has 0 spiro atoms. The minimum absolute atomic E-state index is 0.0671. The van der Waals surface area contributed by atoms with Crippen LogP contribution in [0.2, 0.25) is 0 Å². The highest BCUT2D eigenvalue weighted by Gasteiger charge is 2.30. The van der Waals surface area contributed by atoms with Crippen LogP contribution in [0.4, 0.5) is 5.69 Å². The van der Waals surface area contributed by atoms with E-state index in [0.717, 1.165) is 18.4 Å². The van der Waals surface area contributed by atoms with E-state index >= 15 is 0 Å². The van der Waals surface area contributed by atoms with Crippen LogP contribution in [0.5, 0.6) is 0 Å². The van der Waals surface area contributed by atoms with Crippen LogP contribution in [-0.2, 0) is 4.79 Å². The van der Waals surface area contributed by atoms with Crippen LogP contribution in [0.15, 0.2) is 23.1 Å². The summed E-state index contributed by atoms with van der Waals surface area (Å²) in [6.07, 6.45) is 3.51. The van der Waals surface area contributed by atoms with Crippen LogP contribution in [0.25, 0.3) is 5.65 Å². The Morgan fingerprint density at radius 2 is 2.16 bits per heavy atom. The van der Waals surface area contributed by atoms with E-state index < -0.39 is 0 Å². The summed E-state index contributed by atoms with van der Waals surface area (Å²) in [4.78, 5) is 28.5. The zero-order chi connectivity index (χ0) is 13.6. The normalized spacial score (nSPS) is 14.6. The van der Waals surface area contributed by atoms with Crippen molar-refractivity contribution in [1.82, 2.24) is 9.38 Å². The molecule has 5 nitrogen and oxygen atoms in total. The standard InChI is InChI=1S/C14H15N3O2/c1-8-5-6-17-11(7-8)15-9(2)12(14(17)19)16-13(18)10-3-4-10/h5-7,10H,3-4H2,1-2H3,(H,16,18). The van der Waals surface area contributed by atoms with Crippen molar-refractivity contribution < 1.29 is 4.79 Å². The second-order valence-corrected chi connectivity index (χ2v) is 5.07. The van der Waals surface area contributed by atoms with E-state index in [1.54, 1.807) is 13.1 Å². The van der Waals surface area contributed by atoms with Gasteiger partial charge in [0.1, 0.15) is 11.3 Å². The van der Waals surface area contributed by atoms with E-state index in [2.05, 4.69) is 10.3 Å². The number of carbonyl (C=O) groups is 1. The summed E-state index contributed by atoms with van der Waals surface area (Å²) in [5.74, 6) is -0.00780. The van der Waals surface area contributed by atoms with Gasteiger partial charge in [-0.3, -0.25) is 14.0 Å². The van der Waals surface area contributed by atoms with Crippen LogP contribution >= 0.6 is 0 Å². The van der Waals surface area contributed by atoms with Gasteiger partial charge in [0.25, 0.3) is 5.56 Å². The molecule has 5 heteroatoms.